The Balaban J connectivity index is 2.60. The second-order valence-electron chi connectivity index (χ2n) is 2.67. The van der Waals surface area contributed by atoms with Crippen molar-refractivity contribution in [2.24, 2.45) is 0 Å². The Morgan fingerprint density at radius 3 is 2.71 bits per heavy atom. The lowest BCUT2D eigenvalue weighted by molar-refractivity contribution is 0.111. The zero-order valence-corrected chi connectivity index (χ0v) is 7.43. The molecule has 6 heteroatoms. The molecule has 2 aromatic heterocycles. The van der Waals surface area contributed by atoms with Crippen LogP contribution in [0.3, 0.4) is 0 Å². The standard InChI is InChI=1S/C8H7N5O/c1-5-7(10-3-2-9-5)8-6(4-14)11-13-12-8/h2-4H,1H3,(H,11,12,13). The monoisotopic (exact) mass is 189 g/mol. The molecule has 2 rings (SSSR count). The molecule has 0 spiro atoms. The minimum atomic E-state index is 0.244. The summed E-state index contributed by atoms with van der Waals surface area (Å²) in [6.45, 7) is 1.80. The Morgan fingerprint density at radius 2 is 2.00 bits per heavy atom. The number of aromatic nitrogens is 5. The zero-order valence-electron chi connectivity index (χ0n) is 7.43. The molecule has 0 fully saturated rings. The molecule has 0 aliphatic rings. The predicted molar refractivity (Wildman–Crippen MR) is 47.5 cm³/mol. The van der Waals surface area contributed by atoms with Crippen LogP contribution in [0.25, 0.3) is 11.4 Å². The fourth-order valence-corrected chi connectivity index (χ4v) is 1.14. The van der Waals surface area contributed by atoms with E-state index < -0.39 is 0 Å². The number of aromatic amines is 1. The molecule has 1 N–H and O–H groups in total. The summed E-state index contributed by atoms with van der Waals surface area (Å²) in [7, 11) is 0. The summed E-state index contributed by atoms with van der Waals surface area (Å²) >= 11 is 0. The van der Waals surface area contributed by atoms with E-state index in [1.54, 1.807) is 19.3 Å². The molecule has 6 nitrogen and oxygen atoms in total. The summed E-state index contributed by atoms with van der Waals surface area (Å²) in [5.74, 6) is 0. The van der Waals surface area contributed by atoms with Crippen molar-refractivity contribution in [3.63, 3.8) is 0 Å². The number of aldehydes is 1. The molecule has 14 heavy (non-hydrogen) atoms. The van der Waals surface area contributed by atoms with Crippen molar-refractivity contribution < 1.29 is 4.79 Å². The minimum Gasteiger partial charge on any atom is -0.296 e. The van der Waals surface area contributed by atoms with Crippen LogP contribution >= 0.6 is 0 Å². The molecule has 0 atom stereocenters. The summed E-state index contributed by atoms with van der Waals surface area (Å²) in [4.78, 5) is 18.7. The van der Waals surface area contributed by atoms with Crippen LogP contribution in [0.5, 0.6) is 0 Å². The van der Waals surface area contributed by atoms with Gasteiger partial charge in [0.15, 0.2) is 12.0 Å². The molecule has 0 radical (unpaired) electrons. The Morgan fingerprint density at radius 1 is 1.21 bits per heavy atom. The molecule has 0 bridgehead atoms. The Hall–Kier alpha value is -2.11. The lowest BCUT2D eigenvalue weighted by Gasteiger charge is -1.98. The second kappa shape index (κ2) is 3.33. The van der Waals surface area contributed by atoms with Crippen molar-refractivity contribution in [3.05, 3.63) is 23.8 Å². The van der Waals surface area contributed by atoms with Crippen LogP contribution in [-0.2, 0) is 0 Å². The number of H-pyrrole nitrogens is 1. The lowest BCUT2D eigenvalue weighted by atomic mass is 10.2. The van der Waals surface area contributed by atoms with E-state index in [-0.39, 0.29) is 5.69 Å². The van der Waals surface area contributed by atoms with Gasteiger partial charge in [-0.25, -0.2) is 0 Å². The Bertz CT molecular complexity index is 464. The molecule has 0 aliphatic carbocycles. The highest BCUT2D eigenvalue weighted by atomic mass is 16.1. The molecule has 0 unspecified atom stereocenters. The highest BCUT2D eigenvalue weighted by Gasteiger charge is 2.12. The topological polar surface area (TPSA) is 84.4 Å². The average Bonchev–Trinajstić information content (AvgIpc) is 2.66. The van der Waals surface area contributed by atoms with Crippen LogP contribution in [0.4, 0.5) is 0 Å². The van der Waals surface area contributed by atoms with Gasteiger partial charge < -0.3 is 0 Å². The van der Waals surface area contributed by atoms with Crippen LogP contribution in [0.2, 0.25) is 0 Å². The maximum Gasteiger partial charge on any atom is 0.172 e. The van der Waals surface area contributed by atoms with Gasteiger partial charge >= 0.3 is 0 Å². The minimum absolute atomic E-state index is 0.244. The van der Waals surface area contributed by atoms with Crippen LogP contribution in [0, 0.1) is 6.92 Å². The molecule has 2 heterocycles. The first-order chi connectivity index (χ1) is 6.83. The summed E-state index contributed by atoms with van der Waals surface area (Å²) in [6, 6.07) is 0. The zero-order chi connectivity index (χ0) is 9.97. The number of carbonyl (C=O) groups is 1. The number of hydrogen-bond acceptors (Lipinski definition) is 5. The second-order valence-corrected chi connectivity index (χ2v) is 2.67. The molecule has 0 aliphatic heterocycles. The normalized spacial score (nSPS) is 10.1. The highest BCUT2D eigenvalue weighted by Crippen LogP contribution is 2.17. The number of aryl methyl sites for hydroxylation is 1. The molecule has 2 aromatic rings. The predicted octanol–water partition coefficient (Wildman–Crippen LogP) is 0.383. The van der Waals surface area contributed by atoms with E-state index in [2.05, 4.69) is 25.4 Å². The molecular weight excluding hydrogens is 182 g/mol. The first kappa shape index (κ1) is 8.49. The van der Waals surface area contributed by atoms with Gasteiger partial charge in [0.2, 0.25) is 0 Å². The molecule has 0 saturated carbocycles. The summed E-state index contributed by atoms with van der Waals surface area (Å²) in [5.41, 5.74) is 1.96. The van der Waals surface area contributed by atoms with Gasteiger partial charge in [0, 0.05) is 12.4 Å². The van der Waals surface area contributed by atoms with E-state index in [1.807, 2.05) is 0 Å². The van der Waals surface area contributed by atoms with Gasteiger partial charge in [0.25, 0.3) is 0 Å². The van der Waals surface area contributed by atoms with Gasteiger partial charge in [-0.15, -0.1) is 0 Å². The number of nitrogens with one attached hydrogen (secondary N) is 1. The summed E-state index contributed by atoms with van der Waals surface area (Å²) in [5, 5.41) is 9.90. The third-order valence-electron chi connectivity index (χ3n) is 1.79. The van der Waals surface area contributed by atoms with Crippen molar-refractivity contribution >= 4 is 6.29 Å². The number of rotatable bonds is 2. The van der Waals surface area contributed by atoms with Crippen LogP contribution in [0.15, 0.2) is 12.4 Å². The van der Waals surface area contributed by atoms with Crippen LogP contribution in [-0.4, -0.2) is 31.7 Å². The van der Waals surface area contributed by atoms with Gasteiger partial charge in [-0.05, 0) is 6.92 Å². The van der Waals surface area contributed by atoms with Crippen LogP contribution < -0.4 is 0 Å². The van der Waals surface area contributed by atoms with Crippen molar-refractivity contribution in [1.29, 1.82) is 0 Å². The van der Waals surface area contributed by atoms with E-state index in [4.69, 9.17) is 0 Å². The maximum absolute atomic E-state index is 10.6. The van der Waals surface area contributed by atoms with Gasteiger partial charge in [0.05, 0.1) is 5.69 Å². The fraction of sp³-hybridized carbons (Fsp3) is 0.125. The number of hydrogen-bond donors (Lipinski definition) is 1. The maximum atomic E-state index is 10.6. The van der Waals surface area contributed by atoms with Crippen molar-refractivity contribution in [2.75, 3.05) is 0 Å². The fourth-order valence-electron chi connectivity index (χ4n) is 1.14. The molecular formula is C8H7N5O. The molecule has 0 saturated heterocycles. The quantitative estimate of drug-likeness (QED) is 0.690. The smallest absolute Gasteiger partial charge is 0.172 e. The first-order valence-corrected chi connectivity index (χ1v) is 3.97. The van der Waals surface area contributed by atoms with Gasteiger partial charge in [-0.1, -0.05) is 0 Å². The SMILES string of the molecule is Cc1nccnc1-c1n[nH]nc1C=O. The van der Waals surface area contributed by atoms with E-state index in [0.717, 1.165) is 0 Å². The van der Waals surface area contributed by atoms with Crippen LogP contribution in [0.1, 0.15) is 16.2 Å². The number of nitrogens with zero attached hydrogens (tertiary/aromatic N) is 4. The Labute approximate surface area is 79.4 Å². The molecule has 0 amide bonds. The van der Waals surface area contributed by atoms with Gasteiger partial charge in [0.1, 0.15) is 11.4 Å². The van der Waals surface area contributed by atoms with E-state index in [1.165, 1.54) is 0 Å². The van der Waals surface area contributed by atoms with Crippen molar-refractivity contribution in [2.45, 2.75) is 6.92 Å². The van der Waals surface area contributed by atoms with E-state index in [0.29, 0.717) is 23.4 Å². The van der Waals surface area contributed by atoms with E-state index in [9.17, 15) is 4.79 Å². The van der Waals surface area contributed by atoms with Gasteiger partial charge in [-0.3, -0.25) is 14.8 Å². The molecule has 0 aromatic carbocycles. The first-order valence-electron chi connectivity index (χ1n) is 3.97. The average molecular weight is 189 g/mol. The number of carbonyl (C=O) groups excluding carboxylic acids is 1. The molecule has 70 valence electrons. The summed E-state index contributed by atoms with van der Waals surface area (Å²) < 4.78 is 0. The highest BCUT2D eigenvalue weighted by molar-refractivity contribution is 5.82. The third kappa shape index (κ3) is 1.26. The summed E-state index contributed by atoms with van der Waals surface area (Å²) in [6.07, 6.45) is 3.76. The van der Waals surface area contributed by atoms with Gasteiger partial charge in [-0.2, -0.15) is 15.4 Å². The van der Waals surface area contributed by atoms with E-state index >= 15 is 0 Å². The van der Waals surface area contributed by atoms with Crippen molar-refractivity contribution in [1.82, 2.24) is 25.4 Å². The lowest BCUT2D eigenvalue weighted by Crippen LogP contribution is -1.94. The Kier molecular flexibility index (Phi) is 2.02. The largest absolute Gasteiger partial charge is 0.296 e. The third-order valence-corrected chi connectivity index (χ3v) is 1.79. The van der Waals surface area contributed by atoms with Crippen molar-refractivity contribution in [3.8, 4) is 11.4 Å².